The minimum atomic E-state index is -0.0171. The zero-order valence-corrected chi connectivity index (χ0v) is 13.7. The van der Waals surface area contributed by atoms with E-state index in [2.05, 4.69) is 37.1 Å². The lowest BCUT2D eigenvalue weighted by molar-refractivity contribution is -0.191. The molecule has 0 radical (unpaired) electrons. The molecule has 0 bridgehead atoms. The summed E-state index contributed by atoms with van der Waals surface area (Å²) in [6, 6.07) is 10.2. The third-order valence-corrected chi connectivity index (χ3v) is 4.47. The summed E-state index contributed by atoms with van der Waals surface area (Å²) in [5.74, 6) is 0. The SMILES string of the molecule is CCc1c(C)nn2c(=O)c3ccc(C)c4cccc(c43)c12.O=C=O. The topological polar surface area (TPSA) is 68.5 Å². The number of hydrogen-bond acceptors (Lipinski definition) is 4. The Morgan fingerprint density at radius 1 is 1.04 bits per heavy atom. The van der Waals surface area contributed by atoms with Crippen LogP contribution in [0.2, 0.25) is 0 Å². The summed E-state index contributed by atoms with van der Waals surface area (Å²) in [6.45, 7) is 6.18. The molecule has 0 unspecified atom stereocenters. The summed E-state index contributed by atoms with van der Waals surface area (Å²) in [4.78, 5) is 29.0. The van der Waals surface area contributed by atoms with Crippen molar-refractivity contribution in [2.24, 2.45) is 0 Å². The number of fused-ring (bicyclic) bond motifs is 2. The molecule has 4 rings (SSSR count). The van der Waals surface area contributed by atoms with Gasteiger partial charge >= 0.3 is 6.15 Å². The van der Waals surface area contributed by atoms with E-state index in [-0.39, 0.29) is 11.7 Å². The molecule has 0 atom stereocenters. The van der Waals surface area contributed by atoms with Gasteiger partial charge in [-0.2, -0.15) is 19.2 Å². The fraction of sp³-hybridized carbons (Fsp3) is 0.211. The molecule has 0 aliphatic rings. The molecule has 120 valence electrons. The van der Waals surface area contributed by atoms with Crippen LogP contribution in [0.15, 0.2) is 35.1 Å². The van der Waals surface area contributed by atoms with E-state index in [1.807, 2.05) is 19.1 Å². The van der Waals surface area contributed by atoms with Crippen molar-refractivity contribution < 1.29 is 9.59 Å². The summed E-state index contributed by atoms with van der Waals surface area (Å²) in [6.07, 6.45) is 1.13. The molecule has 0 aliphatic heterocycles. The summed E-state index contributed by atoms with van der Waals surface area (Å²) in [7, 11) is 0. The molecule has 0 saturated heterocycles. The lowest BCUT2D eigenvalue weighted by Gasteiger charge is -2.09. The summed E-state index contributed by atoms with van der Waals surface area (Å²) < 4.78 is 1.58. The minimum absolute atomic E-state index is 0.0171. The van der Waals surface area contributed by atoms with Crippen molar-refractivity contribution in [1.82, 2.24) is 9.61 Å². The molecule has 0 aliphatic carbocycles. The minimum Gasteiger partial charge on any atom is -0.267 e. The first-order valence-corrected chi connectivity index (χ1v) is 7.70. The lowest BCUT2D eigenvalue weighted by Crippen LogP contribution is -2.14. The van der Waals surface area contributed by atoms with Gasteiger partial charge in [0.05, 0.1) is 16.6 Å². The van der Waals surface area contributed by atoms with Crippen molar-refractivity contribution in [1.29, 1.82) is 0 Å². The quantitative estimate of drug-likeness (QED) is 0.540. The third kappa shape index (κ3) is 2.10. The van der Waals surface area contributed by atoms with Gasteiger partial charge in [-0.25, -0.2) is 0 Å². The van der Waals surface area contributed by atoms with E-state index >= 15 is 0 Å². The van der Waals surface area contributed by atoms with Gasteiger partial charge in [0.1, 0.15) is 0 Å². The summed E-state index contributed by atoms with van der Waals surface area (Å²) in [5.41, 5.74) is 4.27. The number of aromatic nitrogens is 2. The number of pyridine rings is 1. The van der Waals surface area contributed by atoms with Crippen molar-refractivity contribution in [2.75, 3.05) is 0 Å². The normalized spacial score (nSPS) is 10.8. The molecule has 0 saturated carbocycles. The van der Waals surface area contributed by atoms with Crippen molar-refractivity contribution in [3.63, 3.8) is 0 Å². The van der Waals surface area contributed by atoms with Gasteiger partial charge in [0.2, 0.25) is 0 Å². The monoisotopic (exact) mass is 320 g/mol. The Bertz CT molecular complexity index is 1150. The van der Waals surface area contributed by atoms with Crippen LogP contribution >= 0.6 is 0 Å². The van der Waals surface area contributed by atoms with Crippen LogP contribution in [0.4, 0.5) is 0 Å². The second-order valence-corrected chi connectivity index (χ2v) is 5.72. The molecular formula is C19H16N2O3. The van der Waals surface area contributed by atoms with Gasteiger partial charge in [-0.1, -0.05) is 31.2 Å². The molecule has 2 heterocycles. The van der Waals surface area contributed by atoms with E-state index in [1.165, 1.54) is 11.1 Å². The first-order valence-electron chi connectivity index (χ1n) is 7.70. The Hall–Kier alpha value is -3.04. The van der Waals surface area contributed by atoms with Crippen molar-refractivity contribution in [3.05, 3.63) is 57.5 Å². The molecule has 0 N–H and O–H groups in total. The van der Waals surface area contributed by atoms with Gasteiger partial charge < -0.3 is 0 Å². The number of benzene rings is 2. The highest BCUT2D eigenvalue weighted by Crippen LogP contribution is 2.32. The average molecular weight is 320 g/mol. The smallest absolute Gasteiger partial charge is 0.267 e. The van der Waals surface area contributed by atoms with Crippen LogP contribution in [0.5, 0.6) is 0 Å². The van der Waals surface area contributed by atoms with Gasteiger partial charge in [0.15, 0.2) is 0 Å². The van der Waals surface area contributed by atoms with E-state index in [1.54, 1.807) is 4.52 Å². The molecule has 2 aromatic carbocycles. The zero-order valence-electron chi connectivity index (χ0n) is 13.7. The Balaban J connectivity index is 0.000000526. The van der Waals surface area contributed by atoms with Gasteiger partial charge in [0, 0.05) is 16.3 Å². The van der Waals surface area contributed by atoms with Crippen LogP contribution in [0.1, 0.15) is 23.7 Å². The van der Waals surface area contributed by atoms with E-state index in [0.717, 1.165) is 39.2 Å². The zero-order chi connectivity index (χ0) is 17.4. The highest BCUT2D eigenvalue weighted by atomic mass is 16.2. The van der Waals surface area contributed by atoms with Gasteiger partial charge in [0.25, 0.3) is 5.56 Å². The number of aryl methyl sites for hydroxylation is 3. The number of hydrogen-bond donors (Lipinski definition) is 0. The second kappa shape index (κ2) is 5.87. The van der Waals surface area contributed by atoms with E-state index in [0.29, 0.717) is 0 Å². The molecule has 5 nitrogen and oxygen atoms in total. The van der Waals surface area contributed by atoms with Crippen LogP contribution in [-0.2, 0) is 16.0 Å². The number of carbonyl (C=O) groups excluding carboxylic acids is 2. The molecule has 0 spiro atoms. The van der Waals surface area contributed by atoms with E-state index < -0.39 is 0 Å². The van der Waals surface area contributed by atoms with Crippen molar-refractivity contribution in [3.8, 4) is 0 Å². The average Bonchev–Trinajstić information content (AvgIpc) is 2.91. The Morgan fingerprint density at radius 3 is 2.38 bits per heavy atom. The maximum Gasteiger partial charge on any atom is 0.373 e. The number of nitrogens with zero attached hydrogens (tertiary/aromatic N) is 2. The molecule has 4 aromatic rings. The Labute approximate surface area is 137 Å². The van der Waals surface area contributed by atoms with Crippen molar-refractivity contribution in [2.45, 2.75) is 27.2 Å². The maximum atomic E-state index is 12.8. The maximum absolute atomic E-state index is 12.8. The standard InChI is InChI=1S/C18H16N2O.CO2/c1-4-12-11(3)19-20-17(12)14-7-5-6-13-10(2)8-9-15(16(13)14)18(20)21;2-1-3/h5-9H,4H2,1-3H3;. The van der Waals surface area contributed by atoms with Gasteiger partial charge in [-0.3, -0.25) is 4.79 Å². The highest BCUT2D eigenvalue weighted by molar-refractivity contribution is 6.16. The van der Waals surface area contributed by atoms with Crippen LogP contribution in [0.3, 0.4) is 0 Å². The van der Waals surface area contributed by atoms with Crippen LogP contribution < -0.4 is 5.56 Å². The lowest BCUT2D eigenvalue weighted by atomic mass is 9.97. The van der Waals surface area contributed by atoms with Crippen molar-refractivity contribution >= 4 is 33.2 Å². The molecule has 5 heteroatoms. The summed E-state index contributed by atoms with van der Waals surface area (Å²) >= 11 is 0. The Morgan fingerprint density at radius 2 is 1.71 bits per heavy atom. The third-order valence-electron chi connectivity index (χ3n) is 4.47. The fourth-order valence-electron chi connectivity index (χ4n) is 3.45. The number of rotatable bonds is 1. The second-order valence-electron chi connectivity index (χ2n) is 5.72. The predicted molar refractivity (Wildman–Crippen MR) is 91.5 cm³/mol. The largest absolute Gasteiger partial charge is 0.373 e. The highest BCUT2D eigenvalue weighted by Gasteiger charge is 2.17. The molecule has 2 aromatic heterocycles. The molecule has 24 heavy (non-hydrogen) atoms. The van der Waals surface area contributed by atoms with Crippen LogP contribution in [-0.4, -0.2) is 15.8 Å². The van der Waals surface area contributed by atoms with Gasteiger partial charge in [-0.05, 0) is 37.3 Å². The van der Waals surface area contributed by atoms with E-state index in [9.17, 15) is 4.79 Å². The fourth-order valence-corrected chi connectivity index (χ4v) is 3.45. The molecule has 0 fully saturated rings. The Kier molecular flexibility index (Phi) is 3.87. The van der Waals surface area contributed by atoms with Gasteiger partial charge in [-0.15, -0.1) is 0 Å². The predicted octanol–water partition coefficient (Wildman–Crippen LogP) is 3.03. The summed E-state index contributed by atoms with van der Waals surface area (Å²) in [5, 5.41) is 8.59. The molecular weight excluding hydrogens is 304 g/mol. The first-order chi connectivity index (χ1) is 11.5. The first kappa shape index (κ1) is 15.8. The van der Waals surface area contributed by atoms with Crippen LogP contribution in [0.25, 0.3) is 27.1 Å². The van der Waals surface area contributed by atoms with E-state index in [4.69, 9.17) is 9.59 Å². The molecule has 0 amide bonds. The van der Waals surface area contributed by atoms with Crippen LogP contribution in [0, 0.1) is 13.8 Å².